The van der Waals surface area contributed by atoms with Crippen molar-refractivity contribution in [3.05, 3.63) is 53.8 Å². The van der Waals surface area contributed by atoms with E-state index in [1.165, 1.54) is 30.9 Å². The number of nitrogens with two attached hydrogens (primary N) is 1. The molecular formula is C16H16FN. The Bertz CT molecular complexity index is 556. The van der Waals surface area contributed by atoms with E-state index < -0.39 is 0 Å². The molecule has 0 atom stereocenters. The number of benzene rings is 2. The topological polar surface area (TPSA) is 26.0 Å². The van der Waals surface area contributed by atoms with E-state index in [4.69, 9.17) is 5.73 Å². The number of anilines is 1. The molecule has 92 valence electrons. The van der Waals surface area contributed by atoms with E-state index in [0.717, 1.165) is 5.56 Å². The van der Waals surface area contributed by atoms with E-state index in [2.05, 4.69) is 12.1 Å². The molecule has 1 aliphatic rings. The van der Waals surface area contributed by atoms with Gasteiger partial charge in [0.2, 0.25) is 0 Å². The third kappa shape index (κ3) is 1.99. The van der Waals surface area contributed by atoms with Gasteiger partial charge in [-0.3, -0.25) is 0 Å². The molecular weight excluding hydrogens is 225 g/mol. The molecule has 1 fully saturated rings. The molecule has 2 N–H and O–H groups in total. The van der Waals surface area contributed by atoms with Gasteiger partial charge in [-0.25, -0.2) is 4.39 Å². The standard InChI is InChI=1S/C16H16FN/c17-16-9-8-14(18)10-15(16)13-6-4-12(5-7-13)11-2-1-3-11/h4-11H,1-3,18H2. The zero-order chi connectivity index (χ0) is 12.5. The summed E-state index contributed by atoms with van der Waals surface area (Å²) in [6.45, 7) is 0. The normalized spacial score (nSPS) is 15.4. The second-order valence-corrected chi connectivity index (χ2v) is 4.99. The molecule has 2 heteroatoms. The van der Waals surface area contributed by atoms with Crippen LogP contribution in [-0.2, 0) is 0 Å². The number of halogens is 1. The Morgan fingerprint density at radius 3 is 2.33 bits per heavy atom. The highest BCUT2D eigenvalue weighted by Gasteiger charge is 2.19. The molecule has 0 spiro atoms. The van der Waals surface area contributed by atoms with Crippen molar-refractivity contribution in [2.24, 2.45) is 0 Å². The highest BCUT2D eigenvalue weighted by atomic mass is 19.1. The van der Waals surface area contributed by atoms with E-state index in [1.54, 1.807) is 12.1 Å². The lowest BCUT2D eigenvalue weighted by atomic mass is 9.80. The van der Waals surface area contributed by atoms with Gasteiger partial charge in [0.25, 0.3) is 0 Å². The Morgan fingerprint density at radius 1 is 1.00 bits per heavy atom. The van der Waals surface area contributed by atoms with Gasteiger partial charge in [-0.2, -0.15) is 0 Å². The number of hydrogen-bond donors (Lipinski definition) is 1. The fraction of sp³-hybridized carbons (Fsp3) is 0.250. The monoisotopic (exact) mass is 241 g/mol. The highest BCUT2D eigenvalue weighted by molar-refractivity contribution is 5.68. The Hall–Kier alpha value is -1.83. The molecule has 2 aromatic rings. The maximum atomic E-state index is 13.7. The molecule has 0 aliphatic heterocycles. The van der Waals surface area contributed by atoms with Crippen LogP contribution in [0.1, 0.15) is 30.7 Å². The minimum Gasteiger partial charge on any atom is -0.399 e. The van der Waals surface area contributed by atoms with Crippen molar-refractivity contribution in [1.82, 2.24) is 0 Å². The Balaban J connectivity index is 1.94. The van der Waals surface area contributed by atoms with Crippen LogP contribution in [0.4, 0.5) is 10.1 Å². The van der Waals surface area contributed by atoms with E-state index in [0.29, 0.717) is 17.2 Å². The van der Waals surface area contributed by atoms with Gasteiger partial charge in [-0.05, 0) is 48.1 Å². The minimum absolute atomic E-state index is 0.222. The lowest BCUT2D eigenvalue weighted by Gasteiger charge is -2.25. The predicted molar refractivity (Wildman–Crippen MR) is 72.8 cm³/mol. The Morgan fingerprint density at radius 2 is 1.72 bits per heavy atom. The summed E-state index contributed by atoms with van der Waals surface area (Å²) < 4.78 is 13.7. The fourth-order valence-electron chi connectivity index (χ4n) is 2.44. The molecule has 18 heavy (non-hydrogen) atoms. The van der Waals surface area contributed by atoms with Crippen molar-refractivity contribution >= 4 is 5.69 Å². The molecule has 0 radical (unpaired) electrons. The van der Waals surface area contributed by atoms with E-state index >= 15 is 0 Å². The van der Waals surface area contributed by atoms with Crippen LogP contribution < -0.4 is 5.73 Å². The molecule has 0 aromatic heterocycles. The lowest BCUT2D eigenvalue weighted by Crippen LogP contribution is -2.08. The van der Waals surface area contributed by atoms with E-state index in [9.17, 15) is 4.39 Å². The van der Waals surface area contributed by atoms with Crippen LogP contribution in [0.5, 0.6) is 0 Å². The van der Waals surface area contributed by atoms with Gasteiger partial charge in [0.1, 0.15) is 5.82 Å². The smallest absolute Gasteiger partial charge is 0.131 e. The zero-order valence-corrected chi connectivity index (χ0v) is 10.2. The predicted octanol–water partition coefficient (Wildman–Crippen LogP) is 4.34. The average Bonchev–Trinajstić information content (AvgIpc) is 2.31. The van der Waals surface area contributed by atoms with Crippen LogP contribution in [0.25, 0.3) is 11.1 Å². The molecule has 2 aromatic carbocycles. The largest absolute Gasteiger partial charge is 0.399 e. The van der Waals surface area contributed by atoms with Crippen molar-refractivity contribution in [2.75, 3.05) is 5.73 Å². The van der Waals surface area contributed by atoms with Gasteiger partial charge in [-0.15, -0.1) is 0 Å². The Kier molecular flexibility index (Phi) is 2.78. The van der Waals surface area contributed by atoms with E-state index in [-0.39, 0.29) is 5.82 Å². The summed E-state index contributed by atoms with van der Waals surface area (Å²) in [7, 11) is 0. The first kappa shape index (κ1) is 11.3. The average molecular weight is 241 g/mol. The number of rotatable bonds is 2. The first-order chi connectivity index (χ1) is 8.74. The first-order valence-electron chi connectivity index (χ1n) is 6.39. The molecule has 1 saturated carbocycles. The lowest BCUT2D eigenvalue weighted by molar-refractivity contribution is 0.420. The quantitative estimate of drug-likeness (QED) is 0.777. The summed E-state index contributed by atoms with van der Waals surface area (Å²) in [4.78, 5) is 0. The van der Waals surface area contributed by atoms with Gasteiger partial charge in [0.15, 0.2) is 0 Å². The van der Waals surface area contributed by atoms with Crippen LogP contribution in [0.2, 0.25) is 0 Å². The SMILES string of the molecule is Nc1ccc(F)c(-c2ccc(C3CCC3)cc2)c1. The van der Waals surface area contributed by atoms with Crippen LogP contribution in [-0.4, -0.2) is 0 Å². The second kappa shape index (κ2) is 4.45. The molecule has 0 saturated heterocycles. The van der Waals surface area contributed by atoms with Gasteiger partial charge >= 0.3 is 0 Å². The Labute approximate surface area is 106 Å². The summed E-state index contributed by atoms with van der Waals surface area (Å²) >= 11 is 0. The van der Waals surface area contributed by atoms with Crippen LogP contribution in [0.3, 0.4) is 0 Å². The zero-order valence-electron chi connectivity index (χ0n) is 10.2. The third-order valence-corrected chi connectivity index (χ3v) is 3.79. The van der Waals surface area contributed by atoms with Crippen molar-refractivity contribution < 1.29 is 4.39 Å². The maximum absolute atomic E-state index is 13.7. The molecule has 0 unspecified atom stereocenters. The molecule has 0 amide bonds. The highest BCUT2D eigenvalue weighted by Crippen LogP contribution is 2.37. The third-order valence-electron chi connectivity index (χ3n) is 3.79. The molecule has 1 aliphatic carbocycles. The van der Waals surface area contributed by atoms with Gasteiger partial charge in [0, 0.05) is 11.3 Å². The van der Waals surface area contributed by atoms with Crippen molar-refractivity contribution in [3.63, 3.8) is 0 Å². The van der Waals surface area contributed by atoms with E-state index in [1.807, 2.05) is 12.1 Å². The summed E-state index contributed by atoms with van der Waals surface area (Å²) in [5.74, 6) is 0.491. The first-order valence-corrected chi connectivity index (χ1v) is 6.39. The van der Waals surface area contributed by atoms with Crippen molar-refractivity contribution in [2.45, 2.75) is 25.2 Å². The van der Waals surface area contributed by atoms with Crippen LogP contribution in [0.15, 0.2) is 42.5 Å². The maximum Gasteiger partial charge on any atom is 0.131 e. The molecule has 3 rings (SSSR count). The fourth-order valence-corrected chi connectivity index (χ4v) is 2.44. The van der Waals surface area contributed by atoms with Crippen molar-refractivity contribution in [1.29, 1.82) is 0 Å². The number of nitrogen functional groups attached to an aromatic ring is 1. The van der Waals surface area contributed by atoms with Gasteiger partial charge in [0.05, 0.1) is 0 Å². The van der Waals surface area contributed by atoms with Crippen molar-refractivity contribution in [3.8, 4) is 11.1 Å². The summed E-state index contributed by atoms with van der Waals surface area (Å²) in [5.41, 5.74) is 9.14. The minimum atomic E-state index is -0.222. The summed E-state index contributed by atoms with van der Waals surface area (Å²) in [6.07, 6.45) is 3.90. The molecule has 0 bridgehead atoms. The second-order valence-electron chi connectivity index (χ2n) is 4.99. The van der Waals surface area contributed by atoms with Crippen LogP contribution >= 0.6 is 0 Å². The summed E-state index contributed by atoms with van der Waals surface area (Å²) in [6, 6.07) is 12.9. The molecule has 1 nitrogen and oxygen atoms in total. The summed E-state index contributed by atoms with van der Waals surface area (Å²) in [5, 5.41) is 0. The molecule has 0 heterocycles. The van der Waals surface area contributed by atoms with Crippen LogP contribution in [0, 0.1) is 5.82 Å². The number of hydrogen-bond acceptors (Lipinski definition) is 1. The van der Waals surface area contributed by atoms with Gasteiger partial charge in [-0.1, -0.05) is 30.7 Å². The van der Waals surface area contributed by atoms with Gasteiger partial charge < -0.3 is 5.73 Å².